The summed E-state index contributed by atoms with van der Waals surface area (Å²) in [5.41, 5.74) is 1.25. The summed E-state index contributed by atoms with van der Waals surface area (Å²) in [6.45, 7) is 3.28. The van der Waals surface area contributed by atoms with Crippen LogP contribution in [0.2, 0.25) is 0 Å². The molecule has 1 unspecified atom stereocenters. The van der Waals surface area contributed by atoms with Crippen LogP contribution < -0.4 is 4.72 Å². The van der Waals surface area contributed by atoms with E-state index < -0.39 is 10.2 Å². The van der Waals surface area contributed by atoms with Crippen LogP contribution >= 0.6 is 0 Å². The minimum Gasteiger partial charge on any atom is -0.195 e. The van der Waals surface area contributed by atoms with Crippen molar-refractivity contribution in [1.82, 2.24) is 9.03 Å². The van der Waals surface area contributed by atoms with E-state index in [1.54, 1.807) is 4.31 Å². The average molecular weight is 258 g/mol. The molecule has 5 heteroatoms. The Bertz CT molecular complexity index is 383. The Morgan fingerprint density at radius 3 is 2.53 bits per heavy atom. The Kier molecular flexibility index (Phi) is 4.22. The second kappa shape index (κ2) is 5.50. The number of rotatable bonds is 4. The number of hydrogen-bond donors (Lipinski definition) is 1. The van der Waals surface area contributed by atoms with E-state index in [9.17, 15) is 8.42 Å². The number of nitrogens with one attached hydrogen (secondary N) is 1. The summed E-state index contributed by atoms with van der Waals surface area (Å²) in [5.74, 6) is 0. The highest BCUT2D eigenvalue weighted by atomic mass is 32.2. The van der Waals surface area contributed by atoms with Crippen LogP contribution in [-0.2, 0) is 10.2 Å². The summed E-state index contributed by atoms with van der Waals surface area (Å²) in [5, 5.41) is 0. The Labute approximate surface area is 104 Å². The molecule has 4 nitrogen and oxygen atoms in total. The van der Waals surface area contributed by atoms with Crippen molar-refractivity contribution in [3.8, 4) is 0 Å². The van der Waals surface area contributed by atoms with Gasteiger partial charge in [0.1, 0.15) is 0 Å². The molecule has 1 heterocycles. The Morgan fingerprint density at radius 1 is 1.24 bits per heavy atom. The molecule has 98 valence electrons. The lowest BCUT2D eigenvalue weighted by Gasteiger charge is -2.23. The molecule has 0 aromatic heterocycles. The van der Waals surface area contributed by atoms with E-state index in [0.717, 1.165) is 25.7 Å². The summed E-state index contributed by atoms with van der Waals surface area (Å²) in [7, 11) is -3.27. The van der Waals surface area contributed by atoms with Crippen LogP contribution in [0, 0.1) is 0 Å². The van der Waals surface area contributed by atoms with E-state index >= 15 is 0 Å². The fourth-order valence-electron chi connectivity index (χ4n) is 2.56. The molecule has 0 aromatic rings. The van der Waals surface area contributed by atoms with Gasteiger partial charge in [-0.05, 0) is 45.4 Å². The zero-order valence-corrected chi connectivity index (χ0v) is 11.3. The van der Waals surface area contributed by atoms with Gasteiger partial charge >= 0.3 is 0 Å². The molecule has 0 spiro atoms. The molecule has 0 aromatic carbocycles. The van der Waals surface area contributed by atoms with E-state index in [0.29, 0.717) is 13.1 Å². The molecule has 0 radical (unpaired) electrons. The van der Waals surface area contributed by atoms with Gasteiger partial charge in [0, 0.05) is 19.1 Å². The molecule has 1 N–H and O–H groups in total. The number of hydrogen-bond acceptors (Lipinski definition) is 2. The normalized spacial score (nSPS) is 24.6. The molecular weight excluding hydrogens is 236 g/mol. The van der Waals surface area contributed by atoms with Gasteiger partial charge in [0.2, 0.25) is 0 Å². The fourth-order valence-corrected chi connectivity index (χ4v) is 4.04. The van der Waals surface area contributed by atoms with E-state index in [4.69, 9.17) is 0 Å². The third-order valence-corrected chi connectivity index (χ3v) is 5.31. The van der Waals surface area contributed by atoms with E-state index in [1.807, 2.05) is 6.92 Å². The van der Waals surface area contributed by atoms with Gasteiger partial charge in [-0.1, -0.05) is 11.6 Å². The van der Waals surface area contributed by atoms with Crippen LogP contribution in [0.1, 0.15) is 45.4 Å². The molecule has 0 amide bonds. The molecular formula is C12H22N2O2S. The standard InChI is InChI=1S/C12H22N2O2S/c1-11(12-7-3-2-4-8-12)13-17(15,16)14-9-5-6-10-14/h7,11,13H,2-6,8-10H2,1H3. The Balaban J connectivity index is 1.97. The Morgan fingerprint density at radius 2 is 1.94 bits per heavy atom. The largest absolute Gasteiger partial charge is 0.279 e. The van der Waals surface area contributed by atoms with Crippen LogP contribution in [-0.4, -0.2) is 31.9 Å². The molecule has 1 fully saturated rings. The molecule has 0 bridgehead atoms. The van der Waals surface area contributed by atoms with Gasteiger partial charge in [-0.2, -0.15) is 17.4 Å². The van der Waals surface area contributed by atoms with Crippen molar-refractivity contribution in [1.29, 1.82) is 0 Å². The molecule has 1 saturated heterocycles. The van der Waals surface area contributed by atoms with Crippen molar-refractivity contribution in [2.75, 3.05) is 13.1 Å². The maximum atomic E-state index is 12.1. The van der Waals surface area contributed by atoms with Gasteiger partial charge in [-0.3, -0.25) is 0 Å². The second-order valence-electron chi connectivity index (χ2n) is 4.98. The van der Waals surface area contributed by atoms with Crippen molar-refractivity contribution in [3.63, 3.8) is 0 Å². The summed E-state index contributed by atoms with van der Waals surface area (Å²) in [6.07, 6.45) is 8.70. The zero-order valence-electron chi connectivity index (χ0n) is 10.5. The fraction of sp³-hybridized carbons (Fsp3) is 0.833. The van der Waals surface area contributed by atoms with Gasteiger partial charge in [0.15, 0.2) is 0 Å². The van der Waals surface area contributed by atoms with Crippen molar-refractivity contribution in [3.05, 3.63) is 11.6 Å². The van der Waals surface area contributed by atoms with Gasteiger partial charge in [-0.15, -0.1) is 0 Å². The van der Waals surface area contributed by atoms with Crippen molar-refractivity contribution in [2.24, 2.45) is 0 Å². The lowest BCUT2D eigenvalue weighted by Crippen LogP contribution is -2.43. The molecule has 2 aliphatic rings. The first-order chi connectivity index (χ1) is 8.09. The predicted octanol–water partition coefficient (Wildman–Crippen LogP) is 1.81. The molecule has 2 rings (SSSR count). The van der Waals surface area contributed by atoms with E-state index in [-0.39, 0.29) is 6.04 Å². The van der Waals surface area contributed by atoms with Crippen molar-refractivity contribution < 1.29 is 8.42 Å². The smallest absolute Gasteiger partial charge is 0.195 e. The monoisotopic (exact) mass is 258 g/mol. The minimum atomic E-state index is -3.27. The van der Waals surface area contributed by atoms with Crippen LogP contribution in [0.3, 0.4) is 0 Å². The first kappa shape index (κ1) is 13.1. The highest BCUT2D eigenvalue weighted by Gasteiger charge is 2.27. The third kappa shape index (κ3) is 3.30. The quantitative estimate of drug-likeness (QED) is 0.782. The highest BCUT2D eigenvalue weighted by molar-refractivity contribution is 7.87. The minimum absolute atomic E-state index is 0.0547. The maximum absolute atomic E-state index is 12.1. The average Bonchev–Trinajstić information content (AvgIpc) is 2.84. The van der Waals surface area contributed by atoms with Crippen LogP contribution in [0.4, 0.5) is 0 Å². The van der Waals surface area contributed by atoms with E-state index in [2.05, 4.69) is 10.8 Å². The molecule has 0 saturated carbocycles. The number of allylic oxidation sites excluding steroid dienone is 1. The highest BCUT2D eigenvalue weighted by Crippen LogP contribution is 2.21. The SMILES string of the molecule is CC(NS(=O)(=O)N1CCCC1)C1=CCCCC1. The number of nitrogens with zero attached hydrogens (tertiary/aromatic N) is 1. The Hall–Kier alpha value is -0.390. The van der Waals surface area contributed by atoms with Crippen LogP contribution in [0.15, 0.2) is 11.6 Å². The summed E-state index contributed by atoms with van der Waals surface area (Å²) < 4.78 is 28.5. The van der Waals surface area contributed by atoms with Crippen LogP contribution in [0.25, 0.3) is 0 Å². The first-order valence-corrected chi connectivity index (χ1v) is 8.00. The zero-order chi connectivity index (χ0) is 12.3. The maximum Gasteiger partial charge on any atom is 0.279 e. The van der Waals surface area contributed by atoms with Gasteiger partial charge in [0.05, 0.1) is 0 Å². The van der Waals surface area contributed by atoms with E-state index in [1.165, 1.54) is 18.4 Å². The predicted molar refractivity (Wildman–Crippen MR) is 68.9 cm³/mol. The van der Waals surface area contributed by atoms with Gasteiger partial charge in [-0.25, -0.2) is 0 Å². The van der Waals surface area contributed by atoms with Gasteiger partial charge in [0.25, 0.3) is 10.2 Å². The van der Waals surface area contributed by atoms with Crippen LogP contribution in [0.5, 0.6) is 0 Å². The lowest BCUT2D eigenvalue weighted by atomic mass is 9.95. The van der Waals surface area contributed by atoms with Crippen molar-refractivity contribution >= 4 is 10.2 Å². The molecule has 17 heavy (non-hydrogen) atoms. The molecule has 1 aliphatic carbocycles. The lowest BCUT2D eigenvalue weighted by molar-refractivity contribution is 0.458. The topological polar surface area (TPSA) is 49.4 Å². The van der Waals surface area contributed by atoms with Crippen molar-refractivity contribution in [2.45, 2.75) is 51.5 Å². The summed E-state index contributed by atoms with van der Waals surface area (Å²) in [6, 6.07) is -0.0547. The summed E-state index contributed by atoms with van der Waals surface area (Å²) >= 11 is 0. The summed E-state index contributed by atoms with van der Waals surface area (Å²) in [4.78, 5) is 0. The second-order valence-corrected chi connectivity index (χ2v) is 6.68. The first-order valence-electron chi connectivity index (χ1n) is 6.56. The van der Waals surface area contributed by atoms with Gasteiger partial charge < -0.3 is 0 Å². The third-order valence-electron chi connectivity index (χ3n) is 3.61. The molecule has 1 aliphatic heterocycles. The molecule has 1 atom stereocenters.